The van der Waals surface area contributed by atoms with E-state index >= 15 is 0 Å². The summed E-state index contributed by atoms with van der Waals surface area (Å²) in [5, 5.41) is 2.08. The highest BCUT2D eigenvalue weighted by Crippen LogP contribution is 2.35. The Balaban J connectivity index is 1.54. The van der Waals surface area contributed by atoms with Crippen LogP contribution in [0.3, 0.4) is 0 Å². The van der Waals surface area contributed by atoms with Crippen LogP contribution in [0.25, 0.3) is 0 Å². The van der Waals surface area contributed by atoms with Crippen LogP contribution >= 0.6 is 11.3 Å². The van der Waals surface area contributed by atoms with Gasteiger partial charge >= 0.3 is 6.03 Å². The highest BCUT2D eigenvalue weighted by molar-refractivity contribution is 7.10. The van der Waals surface area contributed by atoms with Gasteiger partial charge in [0, 0.05) is 23.2 Å². The van der Waals surface area contributed by atoms with Crippen molar-refractivity contribution in [1.82, 2.24) is 9.80 Å². The molecule has 2 atom stereocenters. The minimum atomic E-state index is -0.465. The largest absolute Gasteiger partial charge is 0.333 e. The molecule has 3 heterocycles. The summed E-state index contributed by atoms with van der Waals surface area (Å²) in [5.74, 6) is -0.118. The van der Waals surface area contributed by atoms with Crippen LogP contribution in [0.15, 0.2) is 41.8 Å². The molecular weight excluding hydrogens is 346 g/mol. The molecule has 2 aromatic rings. The molecule has 0 aliphatic carbocycles. The Bertz CT molecular complexity index is 803. The molecule has 0 N–H and O–H groups in total. The summed E-state index contributed by atoms with van der Waals surface area (Å²) < 4.78 is 0. The predicted molar refractivity (Wildman–Crippen MR) is 103 cm³/mol. The van der Waals surface area contributed by atoms with Crippen molar-refractivity contribution < 1.29 is 9.59 Å². The molecule has 0 bridgehead atoms. The molecule has 2 fully saturated rings. The Hall–Kier alpha value is -2.18. The number of amides is 3. The second kappa shape index (κ2) is 6.85. The van der Waals surface area contributed by atoms with Gasteiger partial charge in [-0.1, -0.05) is 23.8 Å². The average Bonchev–Trinajstić information content (AvgIpc) is 3.35. The average molecular weight is 369 g/mol. The van der Waals surface area contributed by atoms with Crippen molar-refractivity contribution in [1.29, 1.82) is 0 Å². The highest BCUT2D eigenvalue weighted by atomic mass is 32.1. The number of likely N-dealkylation sites (tertiary alicyclic amines) is 1. The number of aryl methyl sites for hydroxylation is 1. The van der Waals surface area contributed by atoms with Crippen molar-refractivity contribution in [3.63, 3.8) is 0 Å². The van der Waals surface area contributed by atoms with Crippen molar-refractivity contribution in [3.05, 3.63) is 52.2 Å². The number of carbonyl (C=O) groups excluding carboxylic acids is 2. The summed E-state index contributed by atoms with van der Waals surface area (Å²) in [6.07, 6.45) is 2.17. The van der Waals surface area contributed by atoms with Crippen LogP contribution in [0.5, 0.6) is 0 Å². The molecule has 0 radical (unpaired) electrons. The Labute approximate surface area is 157 Å². The van der Waals surface area contributed by atoms with Gasteiger partial charge in [-0.15, -0.1) is 11.3 Å². The smallest absolute Gasteiger partial charge is 0.282 e. The predicted octanol–water partition coefficient (Wildman–Crippen LogP) is 4.01. The van der Waals surface area contributed by atoms with E-state index < -0.39 is 6.04 Å². The summed E-state index contributed by atoms with van der Waals surface area (Å²) in [5.41, 5.74) is 1.91. The molecule has 0 saturated carbocycles. The van der Waals surface area contributed by atoms with Crippen molar-refractivity contribution in [2.24, 2.45) is 0 Å². The Morgan fingerprint density at radius 2 is 1.92 bits per heavy atom. The molecule has 6 heteroatoms. The number of hydrogen-bond acceptors (Lipinski definition) is 4. The third kappa shape index (κ3) is 2.93. The van der Waals surface area contributed by atoms with E-state index in [2.05, 4.69) is 22.4 Å². The van der Waals surface area contributed by atoms with Crippen molar-refractivity contribution >= 4 is 29.0 Å². The SMILES string of the molecule is Cc1ccc(N2C(=O)N(CN3CCC[C@H]3c3cccs3)C(=O)[C@H]2C)cc1. The van der Waals surface area contributed by atoms with E-state index in [0.29, 0.717) is 12.7 Å². The molecule has 26 heavy (non-hydrogen) atoms. The van der Waals surface area contributed by atoms with E-state index in [4.69, 9.17) is 0 Å². The van der Waals surface area contributed by atoms with Gasteiger partial charge < -0.3 is 0 Å². The van der Waals surface area contributed by atoms with Crippen LogP contribution in [0.2, 0.25) is 0 Å². The van der Waals surface area contributed by atoms with Crippen LogP contribution in [0.4, 0.5) is 10.5 Å². The summed E-state index contributed by atoms with van der Waals surface area (Å²) in [4.78, 5) is 32.4. The first-order valence-electron chi connectivity index (χ1n) is 9.05. The van der Waals surface area contributed by atoms with E-state index in [1.807, 2.05) is 31.2 Å². The molecule has 1 aromatic heterocycles. The lowest BCUT2D eigenvalue weighted by atomic mass is 10.2. The van der Waals surface area contributed by atoms with Gasteiger partial charge in [0.05, 0.1) is 6.67 Å². The number of carbonyl (C=O) groups is 2. The quantitative estimate of drug-likeness (QED) is 0.765. The van der Waals surface area contributed by atoms with Crippen LogP contribution in [-0.2, 0) is 4.79 Å². The van der Waals surface area contributed by atoms with Crippen LogP contribution in [-0.4, -0.2) is 41.0 Å². The van der Waals surface area contributed by atoms with Gasteiger partial charge in [-0.3, -0.25) is 14.6 Å². The fourth-order valence-electron chi connectivity index (χ4n) is 3.88. The third-order valence-corrected chi connectivity index (χ3v) is 6.29. The Morgan fingerprint density at radius 3 is 2.62 bits per heavy atom. The summed E-state index contributed by atoms with van der Waals surface area (Å²) >= 11 is 1.74. The molecule has 0 unspecified atom stereocenters. The lowest BCUT2D eigenvalue weighted by Gasteiger charge is -2.27. The van der Waals surface area contributed by atoms with E-state index in [1.54, 1.807) is 23.2 Å². The van der Waals surface area contributed by atoms with E-state index in [0.717, 1.165) is 30.6 Å². The van der Waals surface area contributed by atoms with Gasteiger partial charge in [0.2, 0.25) is 0 Å². The second-order valence-corrected chi connectivity index (χ2v) is 8.04. The minimum Gasteiger partial charge on any atom is -0.282 e. The molecule has 2 aliphatic heterocycles. The first-order valence-corrected chi connectivity index (χ1v) is 9.93. The number of hydrogen-bond donors (Lipinski definition) is 0. The third-order valence-electron chi connectivity index (χ3n) is 5.32. The normalized spacial score (nSPS) is 24.1. The fraction of sp³-hybridized carbons (Fsp3) is 0.400. The summed E-state index contributed by atoms with van der Waals surface area (Å²) in [7, 11) is 0. The van der Waals surface area contributed by atoms with Gasteiger partial charge in [0.15, 0.2) is 0 Å². The number of thiophene rings is 1. The number of benzene rings is 1. The molecule has 2 aliphatic rings. The number of anilines is 1. The summed E-state index contributed by atoms with van der Waals surface area (Å²) in [6, 6.07) is 11.6. The highest BCUT2D eigenvalue weighted by Gasteiger charge is 2.44. The van der Waals surface area contributed by atoms with Crippen LogP contribution in [0.1, 0.15) is 36.2 Å². The van der Waals surface area contributed by atoms with Crippen molar-refractivity contribution in [3.8, 4) is 0 Å². The summed E-state index contributed by atoms with van der Waals surface area (Å²) in [6.45, 7) is 5.10. The van der Waals surface area contributed by atoms with Gasteiger partial charge in [0.25, 0.3) is 5.91 Å². The van der Waals surface area contributed by atoms with E-state index in [1.165, 1.54) is 9.78 Å². The van der Waals surface area contributed by atoms with Crippen LogP contribution < -0.4 is 4.90 Å². The monoisotopic (exact) mass is 369 g/mol. The first-order chi connectivity index (χ1) is 12.6. The molecule has 2 saturated heterocycles. The van der Waals surface area contributed by atoms with Crippen LogP contribution in [0, 0.1) is 6.92 Å². The van der Waals surface area contributed by atoms with Gasteiger partial charge in [-0.25, -0.2) is 9.69 Å². The maximum absolute atomic E-state index is 13.0. The second-order valence-electron chi connectivity index (χ2n) is 7.06. The molecular formula is C20H23N3O2S. The van der Waals surface area contributed by atoms with Crippen molar-refractivity contribution in [2.75, 3.05) is 18.1 Å². The lowest BCUT2D eigenvalue weighted by molar-refractivity contribution is -0.128. The van der Waals surface area contributed by atoms with E-state index in [-0.39, 0.29) is 11.9 Å². The minimum absolute atomic E-state index is 0.118. The maximum Gasteiger partial charge on any atom is 0.333 e. The zero-order valence-electron chi connectivity index (χ0n) is 15.1. The van der Waals surface area contributed by atoms with Crippen molar-refractivity contribution in [2.45, 2.75) is 38.8 Å². The molecule has 1 aromatic carbocycles. The number of rotatable bonds is 4. The number of nitrogens with zero attached hydrogens (tertiary/aromatic N) is 3. The lowest BCUT2D eigenvalue weighted by Crippen LogP contribution is -2.42. The molecule has 0 spiro atoms. The zero-order valence-corrected chi connectivity index (χ0v) is 15.9. The molecule has 136 valence electrons. The zero-order chi connectivity index (χ0) is 18.3. The maximum atomic E-state index is 13.0. The Kier molecular flexibility index (Phi) is 4.54. The standard InChI is InChI=1S/C20H23N3O2S/c1-14-7-9-16(10-8-14)23-15(2)19(24)22(20(23)25)13-21-11-3-5-17(21)18-6-4-12-26-18/h4,6-10,12,15,17H,3,5,11,13H2,1-2H3/t15-,17+/m1/s1. The van der Waals surface area contributed by atoms with Gasteiger partial charge in [-0.2, -0.15) is 0 Å². The molecule has 4 rings (SSSR count). The number of imide groups is 1. The Morgan fingerprint density at radius 1 is 1.15 bits per heavy atom. The topological polar surface area (TPSA) is 43.9 Å². The van der Waals surface area contributed by atoms with Gasteiger partial charge in [0.1, 0.15) is 6.04 Å². The van der Waals surface area contributed by atoms with Gasteiger partial charge in [-0.05, 0) is 50.3 Å². The fourth-order valence-corrected chi connectivity index (χ4v) is 4.77. The number of urea groups is 1. The first kappa shape index (κ1) is 17.2. The van der Waals surface area contributed by atoms with E-state index in [9.17, 15) is 9.59 Å². The molecule has 5 nitrogen and oxygen atoms in total. The molecule has 3 amide bonds.